The summed E-state index contributed by atoms with van der Waals surface area (Å²) in [6.45, 7) is 19.9. The number of hydrogen-bond donors (Lipinski definition) is 0. The molecule has 3 aliphatic rings. The molecule has 6 aromatic rings. The van der Waals surface area contributed by atoms with Gasteiger partial charge in [0.05, 0.1) is 0 Å². The van der Waals surface area contributed by atoms with Crippen molar-refractivity contribution >= 4 is 55.3 Å². The van der Waals surface area contributed by atoms with Crippen molar-refractivity contribution in [1.82, 2.24) is 0 Å². The van der Waals surface area contributed by atoms with E-state index in [2.05, 4.69) is 237 Å². The van der Waals surface area contributed by atoms with Crippen molar-refractivity contribution in [3.63, 3.8) is 0 Å². The van der Waals surface area contributed by atoms with Crippen molar-refractivity contribution in [3.8, 4) is 0 Å². The zero-order valence-corrected chi connectivity index (χ0v) is 43.1. The monoisotopic (exact) mass is 894 g/mol. The van der Waals surface area contributed by atoms with Gasteiger partial charge in [0, 0.05) is 0 Å². The summed E-state index contributed by atoms with van der Waals surface area (Å²) < 4.78 is 0. The summed E-state index contributed by atoms with van der Waals surface area (Å²) in [6, 6.07) is 71.5. The molecule has 0 radical (unpaired) electrons. The van der Waals surface area contributed by atoms with Crippen LogP contribution in [0.25, 0.3) is 0 Å². The van der Waals surface area contributed by atoms with Crippen molar-refractivity contribution in [2.45, 2.75) is 93.9 Å². The van der Waals surface area contributed by atoms with E-state index in [0.29, 0.717) is 0 Å². The average molecular weight is 895 g/mol. The summed E-state index contributed by atoms with van der Waals surface area (Å²) in [5, 5.41) is 19.1. The van der Waals surface area contributed by atoms with Gasteiger partial charge in [0.1, 0.15) is 0 Å². The molecule has 0 nitrogen and oxygen atoms in total. The summed E-state index contributed by atoms with van der Waals surface area (Å²) in [5.41, 5.74) is 9.65. The molecular weight excluding hydrogens is 829 g/mol. The highest BCUT2D eigenvalue weighted by atomic mass is 28.3. The van der Waals surface area contributed by atoms with Gasteiger partial charge in [-0.15, -0.1) is 0 Å². The Kier molecular flexibility index (Phi) is 12.6. The fourth-order valence-corrected chi connectivity index (χ4v) is 32.7. The minimum absolute atomic E-state index is 0.985. The minimum Gasteiger partial charge on any atom is -0.0670 e. The number of rotatable bonds is 14. The third-order valence-corrected chi connectivity index (χ3v) is 31.4. The van der Waals surface area contributed by atoms with Gasteiger partial charge in [-0.05, 0) is 138 Å². The van der Waals surface area contributed by atoms with Crippen molar-refractivity contribution in [3.05, 3.63) is 247 Å². The smallest absolute Gasteiger partial charge is 0.0670 e. The summed E-state index contributed by atoms with van der Waals surface area (Å²) in [4.78, 5) is 0. The van der Waals surface area contributed by atoms with Gasteiger partial charge in [-0.1, -0.05) is 234 Å². The fourth-order valence-electron chi connectivity index (χ4n) is 13.4. The van der Waals surface area contributed by atoms with Gasteiger partial charge in [-0.25, -0.2) is 0 Å². The second-order valence-electron chi connectivity index (χ2n) is 18.2. The maximum atomic E-state index is 2.55. The summed E-state index contributed by atoms with van der Waals surface area (Å²) in [6.07, 6.45) is 6.04. The maximum Gasteiger partial charge on any atom is 0.180 e. The van der Waals surface area contributed by atoms with Crippen LogP contribution in [-0.2, 0) is 0 Å². The van der Waals surface area contributed by atoms with Crippen LogP contribution in [0.4, 0.5) is 0 Å². The minimum atomic E-state index is -3.25. The van der Waals surface area contributed by atoms with Gasteiger partial charge in [0.25, 0.3) is 0 Å². The first-order valence-corrected chi connectivity index (χ1v) is 30.6. The zero-order valence-electron chi connectivity index (χ0n) is 40.1. The lowest BCUT2D eigenvalue weighted by atomic mass is 9.95. The van der Waals surface area contributed by atoms with Crippen LogP contribution in [0, 0.1) is 0 Å². The second-order valence-corrected chi connectivity index (χ2v) is 29.7. The molecule has 3 heterocycles. The highest BCUT2D eigenvalue weighted by Gasteiger charge is 2.63. The molecule has 0 spiro atoms. The van der Waals surface area contributed by atoms with E-state index in [1.165, 1.54) is 31.1 Å². The molecular formula is C62H66Si3. The number of hydrogen-bond acceptors (Lipinski definition) is 0. The number of benzene rings is 6. The zero-order chi connectivity index (χ0) is 45.3. The van der Waals surface area contributed by atoms with Gasteiger partial charge in [0.2, 0.25) is 0 Å². The van der Waals surface area contributed by atoms with Crippen LogP contribution < -0.4 is 31.1 Å². The van der Waals surface area contributed by atoms with Gasteiger partial charge >= 0.3 is 0 Å². The largest absolute Gasteiger partial charge is 0.180 e. The standard InChI is InChI=1S/C62H66Si3/c1-9-53-45(7)63(47-33-21-15-22-34-47,48-35-23-16-24-36-48)59(55(53)11-3)61-57(13-5)58(14-6)62(65(61,51-41-29-19-30-42-51)52-43-31-20-32-44-52)60-56(12-4)54(10-2)46(8)64(60,49-37-25-17-26-38-49)50-39-27-18-28-40-50/h15-44H,9-14H2,1-8H3. The molecule has 0 amide bonds. The highest BCUT2D eigenvalue weighted by Crippen LogP contribution is 2.58. The van der Waals surface area contributed by atoms with Crippen LogP contribution in [0.1, 0.15) is 93.9 Å². The van der Waals surface area contributed by atoms with Crippen LogP contribution in [0.15, 0.2) is 247 Å². The molecule has 65 heavy (non-hydrogen) atoms. The Labute approximate surface area is 393 Å². The Hall–Kier alpha value is -5.59. The lowest BCUT2D eigenvalue weighted by Crippen LogP contribution is -2.69. The molecule has 0 unspecified atom stereocenters. The Balaban J connectivity index is 1.56. The van der Waals surface area contributed by atoms with Crippen LogP contribution >= 0.6 is 0 Å². The first-order chi connectivity index (χ1) is 31.9. The lowest BCUT2D eigenvalue weighted by Gasteiger charge is -2.45. The highest BCUT2D eigenvalue weighted by molar-refractivity contribution is 7.23. The summed E-state index contributed by atoms with van der Waals surface area (Å²) in [5.74, 6) is 0. The van der Waals surface area contributed by atoms with E-state index in [4.69, 9.17) is 0 Å². The Morgan fingerprint density at radius 2 is 0.400 bits per heavy atom. The Morgan fingerprint density at radius 3 is 0.600 bits per heavy atom. The van der Waals surface area contributed by atoms with Crippen LogP contribution in [0.2, 0.25) is 0 Å². The van der Waals surface area contributed by atoms with Gasteiger partial charge in [-0.2, -0.15) is 0 Å². The second kappa shape index (κ2) is 18.4. The third-order valence-electron chi connectivity index (χ3n) is 15.7. The Morgan fingerprint density at radius 1 is 0.231 bits per heavy atom. The van der Waals surface area contributed by atoms with Crippen LogP contribution in [-0.4, -0.2) is 24.2 Å². The van der Waals surface area contributed by atoms with Gasteiger partial charge in [-0.3, -0.25) is 0 Å². The molecule has 0 atom stereocenters. The fraction of sp³-hybridized carbons (Fsp3) is 0.226. The SMILES string of the molecule is CCC1=C(C)[Si](c2ccccc2)(c2ccccc2)C(C2=C(CC)C(CC)=C(C3=C(CC)C(CC)=C(C)[Si]3(c3ccccc3)c3ccccc3)[Si]2(c2ccccc2)c2ccccc2)=C1CC. The van der Waals surface area contributed by atoms with Crippen molar-refractivity contribution < 1.29 is 0 Å². The molecule has 3 aliphatic heterocycles. The van der Waals surface area contributed by atoms with Crippen LogP contribution in [0.3, 0.4) is 0 Å². The first kappa shape index (κ1) is 44.6. The predicted octanol–water partition coefficient (Wildman–Crippen LogP) is 12.3. The molecule has 0 fully saturated rings. The van der Waals surface area contributed by atoms with E-state index < -0.39 is 24.2 Å². The molecule has 0 N–H and O–H groups in total. The van der Waals surface area contributed by atoms with Crippen molar-refractivity contribution in [1.29, 1.82) is 0 Å². The van der Waals surface area contributed by atoms with Gasteiger partial charge < -0.3 is 0 Å². The van der Waals surface area contributed by atoms with Crippen molar-refractivity contribution in [2.24, 2.45) is 0 Å². The molecule has 0 saturated carbocycles. The maximum absolute atomic E-state index is 3.25. The predicted molar refractivity (Wildman–Crippen MR) is 289 cm³/mol. The van der Waals surface area contributed by atoms with E-state index in [0.717, 1.165) is 38.5 Å². The molecule has 9 rings (SSSR count). The average Bonchev–Trinajstić information content (AvgIpc) is 3.92. The van der Waals surface area contributed by atoms with Crippen molar-refractivity contribution in [2.75, 3.05) is 0 Å². The van der Waals surface area contributed by atoms with E-state index in [1.54, 1.807) is 64.6 Å². The molecule has 6 aromatic carbocycles. The van der Waals surface area contributed by atoms with Gasteiger partial charge in [0.15, 0.2) is 24.2 Å². The first-order valence-electron chi connectivity index (χ1n) is 24.6. The van der Waals surface area contributed by atoms with E-state index >= 15 is 0 Å². The van der Waals surface area contributed by atoms with E-state index in [-0.39, 0.29) is 0 Å². The lowest BCUT2D eigenvalue weighted by molar-refractivity contribution is 1.00. The molecule has 0 aliphatic carbocycles. The summed E-state index contributed by atoms with van der Waals surface area (Å²) >= 11 is 0. The third kappa shape index (κ3) is 6.40. The molecule has 0 bridgehead atoms. The van der Waals surface area contributed by atoms with Crippen LogP contribution in [0.5, 0.6) is 0 Å². The van der Waals surface area contributed by atoms with E-state index in [1.807, 2.05) is 0 Å². The normalized spacial score (nSPS) is 17.9. The number of allylic oxidation sites excluding steroid dienone is 12. The molecule has 3 heteroatoms. The molecule has 0 saturated heterocycles. The van der Waals surface area contributed by atoms with E-state index in [9.17, 15) is 0 Å². The molecule has 326 valence electrons. The summed E-state index contributed by atoms with van der Waals surface area (Å²) in [7, 11) is -9.06. The quantitative estimate of drug-likeness (QED) is 0.0956. The topological polar surface area (TPSA) is 0 Å². The Bertz CT molecular complexity index is 2610. The molecule has 0 aromatic heterocycles.